The number of benzene rings is 1. The van der Waals surface area contributed by atoms with Gasteiger partial charge in [0, 0.05) is 36.8 Å². The standard InChI is InChI=1S/C26H37N3O4.C4H10/c1-9-33-24(31)18(4)14-22(17(2)3)29(8)23(30)15-27-25(32)26(5,6)20-16-28(7)21-13-11-10-12-19(20)21;1-4(2)3/h10-14,16-17,22H,9,15H2,1-8H3,(H,27,32);4H,1-3H3/b18-14+;/t22-;/m1./s1. The van der Waals surface area contributed by atoms with Gasteiger partial charge < -0.3 is 19.5 Å². The van der Waals surface area contributed by atoms with Crippen molar-refractivity contribution < 1.29 is 19.1 Å². The van der Waals surface area contributed by atoms with E-state index in [1.165, 1.54) is 0 Å². The van der Waals surface area contributed by atoms with E-state index >= 15 is 0 Å². The Labute approximate surface area is 223 Å². The van der Waals surface area contributed by atoms with Gasteiger partial charge in [-0.05, 0) is 51.2 Å². The van der Waals surface area contributed by atoms with Gasteiger partial charge >= 0.3 is 5.97 Å². The monoisotopic (exact) mass is 513 g/mol. The Hall–Kier alpha value is -3.09. The van der Waals surface area contributed by atoms with Gasteiger partial charge in [0.25, 0.3) is 0 Å². The van der Waals surface area contributed by atoms with Gasteiger partial charge in [-0.15, -0.1) is 0 Å². The second-order valence-corrected chi connectivity index (χ2v) is 11.0. The summed E-state index contributed by atoms with van der Waals surface area (Å²) >= 11 is 0. The molecule has 1 aromatic carbocycles. The first-order chi connectivity index (χ1) is 17.1. The fourth-order valence-electron chi connectivity index (χ4n) is 3.95. The lowest BCUT2D eigenvalue weighted by Crippen LogP contribution is -2.48. The zero-order valence-corrected chi connectivity index (χ0v) is 24.6. The average molecular weight is 514 g/mol. The minimum Gasteiger partial charge on any atom is -0.463 e. The molecule has 0 bridgehead atoms. The second-order valence-electron chi connectivity index (χ2n) is 11.0. The van der Waals surface area contributed by atoms with Crippen molar-refractivity contribution in [3.05, 3.63) is 47.7 Å². The van der Waals surface area contributed by atoms with Crippen LogP contribution in [0.5, 0.6) is 0 Å². The molecule has 2 aromatic rings. The summed E-state index contributed by atoms with van der Waals surface area (Å²) in [5, 5.41) is 3.83. The molecule has 0 aliphatic carbocycles. The maximum absolute atomic E-state index is 13.1. The van der Waals surface area contributed by atoms with Crippen LogP contribution in [0.4, 0.5) is 0 Å². The van der Waals surface area contributed by atoms with Crippen LogP contribution < -0.4 is 5.32 Å². The Bertz CT molecular complexity index is 1090. The van der Waals surface area contributed by atoms with Crippen LogP contribution in [-0.2, 0) is 31.6 Å². The molecule has 1 atom stereocenters. The summed E-state index contributed by atoms with van der Waals surface area (Å²) in [5.41, 5.74) is 1.59. The number of para-hydroxylation sites is 1. The highest BCUT2D eigenvalue weighted by Crippen LogP contribution is 2.31. The Morgan fingerprint density at radius 1 is 1.11 bits per heavy atom. The molecule has 1 heterocycles. The SMILES string of the molecule is CC(C)C.CCOC(=O)/C(C)=C/[C@H](C(C)C)N(C)C(=O)CNC(=O)C(C)(C)c1cn(C)c2ccccc12. The quantitative estimate of drug-likeness (QED) is 0.368. The molecule has 1 N–H and O–H groups in total. The number of nitrogens with one attached hydrogen (secondary N) is 1. The van der Waals surface area contributed by atoms with E-state index in [0.717, 1.165) is 22.4 Å². The lowest BCUT2D eigenvalue weighted by atomic mass is 9.83. The summed E-state index contributed by atoms with van der Waals surface area (Å²) in [6.07, 6.45) is 3.72. The normalized spacial score (nSPS) is 12.7. The third-order valence-corrected chi connectivity index (χ3v) is 6.08. The van der Waals surface area contributed by atoms with Crippen LogP contribution in [0.1, 0.15) is 67.9 Å². The van der Waals surface area contributed by atoms with Crippen molar-refractivity contribution in [3.8, 4) is 0 Å². The summed E-state index contributed by atoms with van der Waals surface area (Å²) < 4.78 is 7.05. The van der Waals surface area contributed by atoms with Crippen LogP contribution in [0.25, 0.3) is 10.9 Å². The van der Waals surface area contributed by atoms with Gasteiger partial charge in [0.15, 0.2) is 0 Å². The maximum atomic E-state index is 13.1. The average Bonchev–Trinajstić information content (AvgIpc) is 3.17. The van der Waals surface area contributed by atoms with Gasteiger partial charge in [-0.25, -0.2) is 4.79 Å². The number of carbonyl (C=O) groups excluding carboxylic acids is 3. The van der Waals surface area contributed by atoms with Crippen molar-refractivity contribution in [2.45, 2.75) is 73.8 Å². The van der Waals surface area contributed by atoms with E-state index in [1.54, 1.807) is 31.9 Å². The highest BCUT2D eigenvalue weighted by atomic mass is 16.5. The van der Waals surface area contributed by atoms with Gasteiger partial charge in [0.2, 0.25) is 11.8 Å². The van der Waals surface area contributed by atoms with E-state index in [9.17, 15) is 14.4 Å². The third kappa shape index (κ3) is 8.76. The van der Waals surface area contributed by atoms with Crippen LogP contribution in [0, 0.1) is 11.8 Å². The number of nitrogens with zero attached hydrogens (tertiary/aromatic N) is 2. The van der Waals surface area contributed by atoms with Crippen LogP contribution >= 0.6 is 0 Å². The molecular formula is C30H47N3O4. The number of esters is 1. The van der Waals surface area contributed by atoms with Crippen molar-refractivity contribution in [1.82, 2.24) is 14.8 Å². The zero-order valence-electron chi connectivity index (χ0n) is 24.6. The van der Waals surface area contributed by atoms with Crippen molar-refractivity contribution in [1.29, 1.82) is 0 Å². The number of aryl methyl sites for hydroxylation is 1. The Morgan fingerprint density at radius 2 is 1.68 bits per heavy atom. The number of aromatic nitrogens is 1. The molecule has 206 valence electrons. The molecule has 0 saturated carbocycles. The largest absolute Gasteiger partial charge is 0.463 e. The number of ether oxygens (including phenoxy) is 1. The molecule has 0 aliphatic heterocycles. The molecule has 0 spiro atoms. The highest BCUT2D eigenvalue weighted by molar-refractivity contribution is 5.96. The molecule has 0 fully saturated rings. The van der Waals surface area contributed by atoms with E-state index in [0.29, 0.717) is 12.2 Å². The minimum absolute atomic E-state index is 0.0751. The Kier molecular flexibility index (Phi) is 12.1. The van der Waals surface area contributed by atoms with Crippen LogP contribution in [0.15, 0.2) is 42.1 Å². The number of hydrogen-bond donors (Lipinski definition) is 1. The fraction of sp³-hybridized carbons (Fsp3) is 0.567. The highest BCUT2D eigenvalue weighted by Gasteiger charge is 2.33. The first-order valence-electron chi connectivity index (χ1n) is 13.1. The lowest BCUT2D eigenvalue weighted by Gasteiger charge is -2.30. The van der Waals surface area contributed by atoms with E-state index in [4.69, 9.17) is 4.74 Å². The van der Waals surface area contributed by atoms with E-state index in [2.05, 4.69) is 26.1 Å². The molecule has 37 heavy (non-hydrogen) atoms. The molecule has 0 radical (unpaired) electrons. The molecular weight excluding hydrogens is 466 g/mol. The number of hydrogen-bond acceptors (Lipinski definition) is 4. The summed E-state index contributed by atoms with van der Waals surface area (Å²) in [4.78, 5) is 39.6. The van der Waals surface area contributed by atoms with Crippen LogP contribution in [0.3, 0.4) is 0 Å². The number of carbonyl (C=O) groups is 3. The second kappa shape index (κ2) is 14.0. The molecule has 2 amide bonds. The van der Waals surface area contributed by atoms with E-state index in [1.807, 2.05) is 69.8 Å². The Morgan fingerprint density at radius 3 is 2.22 bits per heavy atom. The van der Waals surface area contributed by atoms with Gasteiger partial charge in [-0.3, -0.25) is 9.59 Å². The van der Waals surface area contributed by atoms with Gasteiger partial charge in [0.1, 0.15) is 0 Å². The van der Waals surface area contributed by atoms with Gasteiger partial charge in [0.05, 0.1) is 24.6 Å². The Balaban J connectivity index is 0.00000159. The first kappa shape index (κ1) is 31.9. The molecule has 0 saturated heterocycles. The van der Waals surface area contributed by atoms with Crippen LogP contribution in [0.2, 0.25) is 0 Å². The topological polar surface area (TPSA) is 80.6 Å². The molecule has 7 nitrogen and oxygen atoms in total. The minimum atomic E-state index is -0.822. The van der Waals surface area contributed by atoms with E-state index < -0.39 is 11.4 Å². The zero-order chi connectivity index (χ0) is 28.5. The predicted octanol–water partition coefficient (Wildman–Crippen LogP) is 5.23. The fourth-order valence-corrected chi connectivity index (χ4v) is 3.95. The van der Waals surface area contributed by atoms with Crippen molar-refractivity contribution >= 4 is 28.7 Å². The summed E-state index contributed by atoms with van der Waals surface area (Å²) in [7, 11) is 3.64. The molecule has 0 aliphatic rings. The number of amides is 2. The number of rotatable bonds is 9. The van der Waals surface area contributed by atoms with E-state index in [-0.39, 0.29) is 30.3 Å². The summed E-state index contributed by atoms with van der Waals surface area (Å²) in [6.45, 7) is 17.8. The van der Waals surface area contributed by atoms with Gasteiger partial charge in [-0.2, -0.15) is 0 Å². The number of likely N-dealkylation sites (N-methyl/N-ethyl adjacent to an activating group) is 1. The first-order valence-corrected chi connectivity index (χ1v) is 13.1. The summed E-state index contributed by atoms with van der Waals surface area (Å²) in [5.74, 6) is 0.0592. The van der Waals surface area contributed by atoms with Gasteiger partial charge in [-0.1, -0.05) is 58.9 Å². The summed E-state index contributed by atoms with van der Waals surface area (Å²) in [6, 6.07) is 7.64. The molecule has 1 aromatic heterocycles. The lowest BCUT2D eigenvalue weighted by molar-refractivity contribution is -0.138. The molecule has 2 rings (SSSR count). The maximum Gasteiger partial charge on any atom is 0.333 e. The molecule has 7 heteroatoms. The van der Waals surface area contributed by atoms with Crippen molar-refractivity contribution in [2.24, 2.45) is 18.9 Å². The smallest absolute Gasteiger partial charge is 0.333 e. The third-order valence-electron chi connectivity index (χ3n) is 6.08. The predicted molar refractivity (Wildman–Crippen MR) is 151 cm³/mol. The van der Waals surface area contributed by atoms with Crippen molar-refractivity contribution in [3.63, 3.8) is 0 Å². The number of fused-ring (bicyclic) bond motifs is 1. The van der Waals surface area contributed by atoms with Crippen LogP contribution in [-0.4, -0.2) is 53.5 Å². The van der Waals surface area contributed by atoms with Crippen molar-refractivity contribution in [2.75, 3.05) is 20.2 Å². The molecule has 0 unspecified atom stereocenters.